The van der Waals surface area contributed by atoms with Crippen molar-refractivity contribution in [2.24, 2.45) is 0 Å². The van der Waals surface area contributed by atoms with Crippen molar-refractivity contribution in [2.45, 2.75) is 25.5 Å². The summed E-state index contributed by atoms with van der Waals surface area (Å²) in [5.74, 6) is 0.727. The molecular weight excluding hydrogens is 250 g/mol. The number of anilines is 1. The van der Waals surface area contributed by atoms with Gasteiger partial charge in [-0.3, -0.25) is 0 Å². The van der Waals surface area contributed by atoms with Gasteiger partial charge >= 0.3 is 0 Å². The minimum absolute atomic E-state index is 0.0139. The van der Waals surface area contributed by atoms with Crippen LogP contribution in [0.2, 0.25) is 0 Å². The van der Waals surface area contributed by atoms with Gasteiger partial charge in [0.15, 0.2) is 0 Å². The third-order valence-electron chi connectivity index (χ3n) is 3.92. The van der Waals surface area contributed by atoms with E-state index in [0.29, 0.717) is 6.04 Å². The summed E-state index contributed by atoms with van der Waals surface area (Å²) in [5, 5.41) is 12.9. The second-order valence-corrected chi connectivity index (χ2v) is 5.12. The van der Waals surface area contributed by atoms with Crippen LogP contribution in [-0.2, 0) is 13.0 Å². The van der Waals surface area contributed by atoms with Gasteiger partial charge in [-0.15, -0.1) is 0 Å². The summed E-state index contributed by atoms with van der Waals surface area (Å²) in [6.07, 6.45) is 2.23. The number of ether oxygens (including phenoxy) is 1. The monoisotopic (exact) mass is 269 g/mol. The normalized spacial score (nSPS) is 16.8. The number of rotatable bonds is 4. The number of aliphatic hydroxyl groups is 1. The average molecular weight is 269 g/mol. The van der Waals surface area contributed by atoms with E-state index in [1.807, 2.05) is 18.2 Å². The number of aryl methyl sites for hydroxylation is 1. The molecule has 3 rings (SSSR count). The molecule has 3 heteroatoms. The topological polar surface area (TPSA) is 41.5 Å². The van der Waals surface area contributed by atoms with Crippen molar-refractivity contribution >= 4 is 5.69 Å². The maximum atomic E-state index is 9.38. The second kappa shape index (κ2) is 5.55. The Morgan fingerprint density at radius 2 is 2.10 bits per heavy atom. The Balaban J connectivity index is 1.82. The van der Waals surface area contributed by atoms with Crippen LogP contribution in [0.15, 0.2) is 42.5 Å². The van der Waals surface area contributed by atoms with Gasteiger partial charge in [0.25, 0.3) is 0 Å². The van der Waals surface area contributed by atoms with Crippen LogP contribution in [0.25, 0.3) is 0 Å². The van der Waals surface area contributed by atoms with E-state index < -0.39 is 0 Å². The van der Waals surface area contributed by atoms with Crippen LogP contribution in [0, 0.1) is 0 Å². The molecule has 0 fully saturated rings. The first-order valence-electron chi connectivity index (χ1n) is 6.94. The lowest BCUT2D eigenvalue weighted by atomic mass is 10.1. The molecule has 1 aliphatic rings. The van der Waals surface area contributed by atoms with Crippen molar-refractivity contribution in [1.82, 2.24) is 0 Å². The zero-order valence-corrected chi connectivity index (χ0v) is 11.6. The van der Waals surface area contributed by atoms with Crippen LogP contribution in [-0.4, -0.2) is 12.2 Å². The maximum absolute atomic E-state index is 9.38. The predicted molar refractivity (Wildman–Crippen MR) is 80.0 cm³/mol. The Hall–Kier alpha value is -2.00. The van der Waals surface area contributed by atoms with Crippen LogP contribution >= 0.6 is 0 Å². The Bertz CT molecular complexity index is 610. The Morgan fingerprint density at radius 1 is 1.25 bits per heavy atom. The second-order valence-electron chi connectivity index (χ2n) is 5.12. The van der Waals surface area contributed by atoms with Gasteiger partial charge in [-0.2, -0.15) is 0 Å². The van der Waals surface area contributed by atoms with Crippen molar-refractivity contribution in [3.63, 3.8) is 0 Å². The molecule has 0 radical (unpaired) electrons. The average Bonchev–Trinajstić information content (AvgIpc) is 2.90. The Labute approximate surface area is 119 Å². The van der Waals surface area contributed by atoms with Crippen LogP contribution in [0.3, 0.4) is 0 Å². The molecule has 1 unspecified atom stereocenters. The van der Waals surface area contributed by atoms with Crippen molar-refractivity contribution in [3.8, 4) is 5.75 Å². The molecule has 0 spiro atoms. The zero-order valence-electron chi connectivity index (χ0n) is 11.6. The third kappa shape index (κ3) is 2.37. The summed E-state index contributed by atoms with van der Waals surface area (Å²) in [7, 11) is 1.62. The summed E-state index contributed by atoms with van der Waals surface area (Å²) in [4.78, 5) is 0. The molecule has 3 nitrogen and oxygen atoms in total. The Kier molecular flexibility index (Phi) is 3.61. The van der Waals surface area contributed by atoms with Crippen LogP contribution in [0.4, 0.5) is 5.69 Å². The SMILES string of the molecule is COc1ccc(NC2CCc3ccccc32)cc1CO. The first-order chi connectivity index (χ1) is 9.81. The van der Waals surface area contributed by atoms with Crippen molar-refractivity contribution < 1.29 is 9.84 Å². The minimum atomic E-state index is -0.0139. The molecular formula is C17H19NO2. The first-order valence-corrected chi connectivity index (χ1v) is 6.94. The summed E-state index contributed by atoms with van der Waals surface area (Å²) in [6, 6.07) is 14.8. The number of methoxy groups -OCH3 is 1. The van der Waals surface area contributed by atoms with E-state index in [2.05, 4.69) is 29.6 Å². The molecule has 2 aromatic rings. The number of hydrogen-bond acceptors (Lipinski definition) is 3. The molecule has 1 aliphatic carbocycles. The van der Waals surface area contributed by atoms with Crippen molar-refractivity contribution in [3.05, 3.63) is 59.2 Å². The number of hydrogen-bond donors (Lipinski definition) is 2. The third-order valence-corrected chi connectivity index (χ3v) is 3.92. The van der Waals surface area contributed by atoms with E-state index in [4.69, 9.17) is 4.74 Å². The molecule has 0 heterocycles. The highest BCUT2D eigenvalue weighted by atomic mass is 16.5. The highest BCUT2D eigenvalue weighted by Gasteiger charge is 2.21. The molecule has 104 valence electrons. The van der Waals surface area contributed by atoms with Gasteiger partial charge in [0.1, 0.15) is 5.75 Å². The van der Waals surface area contributed by atoms with Gasteiger partial charge in [-0.1, -0.05) is 24.3 Å². The van der Waals surface area contributed by atoms with E-state index >= 15 is 0 Å². The van der Waals surface area contributed by atoms with Crippen molar-refractivity contribution in [2.75, 3.05) is 12.4 Å². The number of benzene rings is 2. The largest absolute Gasteiger partial charge is 0.496 e. The van der Waals surface area contributed by atoms with Gasteiger partial charge in [0, 0.05) is 11.3 Å². The smallest absolute Gasteiger partial charge is 0.124 e. The lowest BCUT2D eigenvalue weighted by molar-refractivity contribution is 0.274. The summed E-state index contributed by atoms with van der Waals surface area (Å²) in [5.41, 5.74) is 4.65. The number of aliphatic hydroxyl groups excluding tert-OH is 1. The van der Waals surface area contributed by atoms with E-state index in [-0.39, 0.29) is 6.61 Å². The summed E-state index contributed by atoms with van der Waals surface area (Å²) < 4.78 is 5.23. The Morgan fingerprint density at radius 3 is 2.90 bits per heavy atom. The molecule has 0 bridgehead atoms. The van der Waals surface area contributed by atoms with E-state index in [1.165, 1.54) is 11.1 Å². The van der Waals surface area contributed by atoms with Crippen LogP contribution in [0.5, 0.6) is 5.75 Å². The minimum Gasteiger partial charge on any atom is -0.496 e. The first kappa shape index (κ1) is 13.0. The van der Waals surface area contributed by atoms with E-state index in [9.17, 15) is 5.11 Å². The van der Waals surface area contributed by atoms with Crippen LogP contribution in [0.1, 0.15) is 29.2 Å². The van der Waals surface area contributed by atoms with Gasteiger partial charge in [-0.05, 0) is 42.2 Å². The molecule has 20 heavy (non-hydrogen) atoms. The highest BCUT2D eigenvalue weighted by Crippen LogP contribution is 2.34. The lowest BCUT2D eigenvalue weighted by Crippen LogP contribution is -2.07. The van der Waals surface area contributed by atoms with Gasteiger partial charge < -0.3 is 15.2 Å². The van der Waals surface area contributed by atoms with E-state index in [1.54, 1.807) is 7.11 Å². The standard InChI is InChI=1S/C17H19NO2/c1-20-17-9-7-14(10-13(17)11-19)18-16-8-6-12-4-2-3-5-15(12)16/h2-5,7,9-10,16,18-19H,6,8,11H2,1H3. The van der Waals surface area contributed by atoms with Gasteiger partial charge in [0.05, 0.1) is 19.8 Å². The highest BCUT2D eigenvalue weighted by molar-refractivity contribution is 5.53. The van der Waals surface area contributed by atoms with Gasteiger partial charge in [0.2, 0.25) is 0 Å². The fourth-order valence-corrected chi connectivity index (χ4v) is 2.90. The molecule has 1 atom stereocenters. The molecule has 0 aliphatic heterocycles. The summed E-state index contributed by atoms with van der Waals surface area (Å²) in [6.45, 7) is -0.0139. The number of nitrogens with one attached hydrogen (secondary N) is 1. The van der Waals surface area contributed by atoms with Crippen LogP contribution < -0.4 is 10.1 Å². The fourth-order valence-electron chi connectivity index (χ4n) is 2.90. The molecule has 0 saturated heterocycles. The molecule has 0 aromatic heterocycles. The quantitative estimate of drug-likeness (QED) is 0.895. The zero-order chi connectivity index (χ0) is 13.9. The van der Waals surface area contributed by atoms with Gasteiger partial charge in [-0.25, -0.2) is 0 Å². The lowest BCUT2D eigenvalue weighted by Gasteiger charge is -2.17. The molecule has 0 amide bonds. The maximum Gasteiger partial charge on any atom is 0.124 e. The van der Waals surface area contributed by atoms with E-state index in [0.717, 1.165) is 29.8 Å². The summed E-state index contributed by atoms with van der Waals surface area (Å²) >= 11 is 0. The predicted octanol–water partition coefficient (Wildman–Crippen LogP) is 3.29. The van der Waals surface area contributed by atoms with Crippen molar-refractivity contribution in [1.29, 1.82) is 0 Å². The number of fused-ring (bicyclic) bond motifs is 1. The molecule has 2 N–H and O–H groups in total. The molecule has 0 saturated carbocycles. The molecule has 2 aromatic carbocycles. The fraction of sp³-hybridized carbons (Fsp3) is 0.294.